The van der Waals surface area contributed by atoms with Gasteiger partial charge in [0.15, 0.2) is 0 Å². The summed E-state index contributed by atoms with van der Waals surface area (Å²) in [4.78, 5) is 10.4. The minimum Gasteiger partial charge on any atom is -0.494 e. The van der Waals surface area contributed by atoms with Gasteiger partial charge in [-0.25, -0.2) is 0 Å². The van der Waals surface area contributed by atoms with E-state index in [-0.39, 0.29) is 0 Å². The van der Waals surface area contributed by atoms with E-state index in [2.05, 4.69) is 6.92 Å². The molecular weight excluding hydrogens is 202 g/mol. The van der Waals surface area contributed by atoms with Gasteiger partial charge in [0.1, 0.15) is 12.0 Å². The van der Waals surface area contributed by atoms with Crippen molar-refractivity contribution in [3.05, 3.63) is 29.8 Å². The topological polar surface area (TPSA) is 52.3 Å². The molecule has 0 heterocycles. The second-order valence-electron chi connectivity index (χ2n) is 3.85. The quantitative estimate of drug-likeness (QED) is 0.565. The van der Waals surface area contributed by atoms with Crippen molar-refractivity contribution in [2.45, 2.75) is 32.2 Å². The number of aldehydes is 1. The van der Waals surface area contributed by atoms with E-state index in [0.717, 1.165) is 37.0 Å². The van der Waals surface area contributed by atoms with Crippen LogP contribution in [0.5, 0.6) is 5.75 Å². The van der Waals surface area contributed by atoms with Crippen LogP contribution in [-0.2, 0) is 11.2 Å². The number of hydrogen-bond donors (Lipinski definition) is 1. The third-order valence-electron chi connectivity index (χ3n) is 2.34. The van der Waals surface area contributed by atoms with Crippen molar-refractivity contribution < 1.29 is 9.53 Å². The Balaban J connectivity index is 2.44. The van der Waals surface area contributed by atoms with Gasteiger partial charge in [-0.15, -0.1) is 0 Å². The predicted octanol–water partition coefficient (Wildman–Crippen LogP) is 1.93. The molecule has 1 aromatic rings. The van der Waals surface area contributed by atoms with Gasteiger partial charge in [0.25, 0.3) is 0 Å². The Bertz CT molecular complexity index is 308. The third-order valence-corrected chi connectivity index (χ3v) is 2.34. The summed E-state index contributed by atoms with van der Waals surface area (Å²) in [7, 11) is 0. The fourth-order valence-electron chi connectivity index (χ4n) is 1.38. The maximum Gasteiger partial charge on any atom is 0.137 e. The molecule has 0 aromatic heterocycles. The van der Waals surface area contributed by atoms with Crippen LogP contribution in [0.4, 0.5) is 0 Å². The van der Waals surface area contributed by atoms with Crippen LogP contribution in [0.3, 0.4) is 0 Å². The lowest BCUT2D eigenvalue weighted by atomic mass is 10.1. The number of rotatable bonds is 7. The van der Waals surface area contributed by atoms with E-state index in [1.807, 2.05) is 24.3 Å². The summed E-state index contributed by atoms with van der Waals surface area (Å²) in [6.07, 6.45) is 3.55. The Morgan fingerprint density at radius 2 is 2.06 bits per heavy atom. The predicted molar refractivity (Wildman–Crippen MR) is 64.6 cm³/mol. The lowest BCUT2D eigenvalue weighted by Gasteiger charge is -2.07. The van der Waals surface area contributed by atoms with Gasteiger partial charge >= 0.3 is 0 Å². The number of unbranched alkanes of at least 4 members (excludes halogenated alkanes) is 1. The van der Waals surface area contributed by atoms with E-state index in [1.54, 1.807) is 0 Å². The van der Waals surface area contributed by atoms with Crippen LogP contribution in [0.25, 0.3) is 0 Å². The van der Waals surface area contributed by atoms with Gasteiger partial charge in [-0.3, -0.25) is 0 Å². The van der Waals surface area contributed by atoms with Gasteiger partial charge in [-0.05, 0) is 30.5 Å². The standard InChI is InChI=1S/C13H19NO2/c1-2-3-8-16-13-6-4-11(5-7-13)9-12(14)10-15/h4-7,10,12H,2-3,8-9,14H2,1H3/t12-/m0/s1. The van der Waals surface area contributed by atoms with E-state index in [0.29, 0.717) is 6.42 Å². The molecule has 3 heteroatoms. The molecule has 0 radical (unpaired) electrons. The Morgan fingerprint density at radius 3 is 2.62 bits per heavy atom. The molecule has 88 valence electrons. The molecule has 0 fully saturated rings. The molecule has 1 atom stereocenters. The first-order chi connectivity index (χ1) is 7.76. The molecule has 3 nitrogen and oxygen atoms in total. The van der Waals surface area contributed by atoms with Crippen LogP contribution in [0.2, 0.25) is 0 Å². The number of benzene rings is 1. The zero-order chi connectivity index (χ0) is 11.8. The van der Waals surface area contributed by atoms with Crippen molar-refractivity contribution in [3.8, 4) is 5.75 Å². The summed E-state index contributed by atoms with van der Waals surface area (Å²) in [5.41, 5.74) is 6.60. The molecule has 1 rings (SSSR count). The van der Waals surface area contributed by atoms with Crippen molar-refractivity contribution in [3.63, 3.8) is 0 Å². The SMILES string of the molecule is CCCCOc1ccc(C[C@H](N)C=O)cc1. The molecule has 0 saturated heterocycles. The van der Waals surface area contributed by atoms with Gasteiger partial charge < -0.3 is 15.3 Å². The van der Waals surface area contributed by atoms with Crippen LogP contribution in [0.15, 0.2) is 24.3 Å². The smallest absolute Gasteiger partial charge is 0.137 e. The van der Waals surface area contributed by atoms with Crippen molar-refractivity contribution in [1.82, 2.24) is 0 Å². The number of ether oxygens (including phenoxy) is 1. The maximum atomic E-state index is 10.4. The van der Waals surface area contributed by atoms with Crippen molar-refractivity contribution >= 4 is 6.29 Å². The van der Waals surface area contributed by atoms with Crippen molar-refractivity contribution in [1.29, 1.82) is 0 Å². The Labute approximate surface area is 96.6 Å². The highest BCUT2D eigenvalue weighted by atomic mass is 16.5. The number of carbonyl (C=O) groups excluding carboxylic acids is 1. The molecule has 0 spiro atoms. The third kappa shape index (κ3) is 4.45. The minimum atomic E-state index is -0.410. The summed E-state index contributed by atoms with van der Waals surface area (Å²) in [6.45, 7) is 2.89. The summed E-state index contributed by atoms with van der Waals surface area (Å²) in [6, 6.07) is 7.33. The average Bonchev–Trinajstić information content (AvgIpc) is 2.31. The van der Waals surface area contributed by atoms with Crippen LogP contribution >= 0.6 is 0 Å². The zero-order valence-corrected chi connectivity index (χ0v) is 9.69. The molecule has 0 aliphatic rings. The first-order valence-electron chi connectivity index (χ1n) is 5.69. The molecule has 0 aliphatic carbocycles. The molecule has 1 aromatic carbocycles. The van der Waals surface area contributed by atoms with Crippen LogP contribution in [-0.4, -0.2) is 18.9 Å². The largest absolute Gasteiger partial charge is 0.494 e. The van der Waals surface area contributed by atoms with Gasteiger partial charge in [0, 0.05) is 0 Å². The number of nitrogens with two attached hydrogens (primary N) is 1. The van der Waals surface area contributed by atoms with E-state index in [4.69, 9.17) is 10.5 Å². The molecule has 0 bridgehead atoms. The van der Waals surface area contributed by atoms with Gasteiger partial charge in [0.05, 0.1) is 12.6 Å². The lowest BCUT2D eigenvalue weighted by Crippen LogP contribution is -2.23. The zero-order valence-electron chi connectivity index (χ0n) is 9.69. The second-order valence-corrected chi connectivity index (χ2v) is 3.85. The highest BCUT2D eigenvalue weighted by molar-refractivity contribution is 5.57. The lowest BCUT2D eigenvalue weighted by molar-refractivity contribution is -0.108. The molecular formula is C13H19NO2. The Hall–Kier alpha value is -1.35. The monoisotopic (exact) mass is 221 g/mol. The fraction of sp³-hybridized carbons (Fsp3) is 0.462. The fourth-order valence-corrected chi connectivity index (χ4v) is 1.38. The summed E-state index contributed by atoms with van der Waals surface area (Å²) < 4.78 is 5.53. The average molecular weight is 221 g/mol. The van der Waals surface area contributed by atoms with Crippen LogP contribution < -0.4 is 10.5 Å². The van der Waals surface area contributed by atoms with E-state index in [9.17, 15) is 4.79 Å². The van der Waals surface area contributed by atoms with Crippen LogP contribution in [0, 0.1) is 0 Å². The molecule has 0 saturated carbocycles. The molecule has 0 aliphatic heterocycles. The number of carbonyl (C=O) groups is 1. The van der Waals surface area contributed by atoms with E-state index in [1.165, 1.54) is 0 Å². The van der Waals surface area contributed by atoms with Gasteiger partial charge in [0.2, 0.25) is 0 Å². The second kappa shape index (κ2) is 7.01. The van der Waals surface area contributed by atoms with E-state index >= 15 is 0 Å². The van der Waals surface area contributed by atoms with Crippen LogP contribution in [0.1, 0.15) is 25.3 Å². The summed E-state index contributed by atoms with van der Waals surface area (Å²) >= 11 is 0. The summed E-state index contributed by atoms with van der Waals surface area (Å²) in [5, 5.41) is 0. The molecule has 0 unspecified atom stereocenters. The van der Waals surface area contributed by atoms with E-state index < -0.39 is 6.04 Å². The molecule has 16 heavy (non-hydrogen) atoms. The first-order valence-corrected chi connectivity index (χ1v) is 5.69. The normalized spacial score (nSPS) is 12.1. The summed E-state index contributed by atoms with van der Waals surface area (Å²) in [5.74, 6) is 0.872. The van der Waals surface area contributed by atoms with Gasteiger partial charge in [-0.2, -0.15) is 0 Å². The Kier molecular flexibility index (Phi) is 5.57. The highest BCUT2D eigenvalue weighted by Crippen LogP contribution is 2.13. The Morgan fingerprint density at radius 1 is 1.38 bits per heavy atom. The highest BCUT2D eigenvalue weighted by Gasteiger charge is 2.02. The van der Waals surface area contributed by atoms with Gasteiger partial charge in [-0.1, -0.05) is 25.5 Å². The molecule has 0 amide bonds. The molecule has 2 N–H and O–H groups in total. The maximum absolute atomic E-state index is 10.4. The first kappa shape index (κ1) is 12.7. The van der Waals surface area contributed by atoms with Crippen molar-refractivity contribution in [2.75, 3.05) is 6.61 Å². The van der Waals surface area contributed by atoms with Crippen molar-refractivity contribution in [2.24, 2.45) is 5.73 Å². The minimum absolute atomic E-state index is 0.410. The number of hydrogen-bond acceptors (Lipinski definition) is 3.